The Morgan fingerprint density at radius 2 is 1.71 bits per heavy atom. The number of aliphatic hydroxyl groups is 2. The van der Waals surface area contributed by atoms with Crippen LogP contribution in [0.5, 0.6) is 0 Å². The molecule has 0 spiro atoms. The predicted molar refractivity (Wildman–Crippen MR) is 177 cm³/mol. The van der Waals surface area contributed by atoms with E-state index in [2.05, 4.69) is 43.5 Å². The minimum absolute atomic E-state index is 0. The molecule has 0 saturated carbocycles. The minimum Gasteiger partial charge on any atom is -0.756 e. The van der Waals surface area contributed by atoms with Crippen molar-refractivity contribution in [3.8, 4) is 0 Å². The number of phosphoric acid groups is 3. The Morgan fingerprint density at radius 3 is 2.36 bits per heavy atom. The third-order valence-corrected chi connectivity index (χ3v) is 11.2. The molecule has 1 aliphatic heterocycles. The van der Waals surface area contributed by atoms with Crippen molar-refractivity contribution in [2.45, 2.75) is 63.8 Å². The minimum atomic E-state index is -5.91. The quantitative estimate of drug-likeness (QED) is 0.0328. The number of imidazole rings is 1. The maximum Gasteiger partial charge on any atom is 1.00 e. The number of carbonyl (C=O) groups excluding carboxylic acids is 3. The molecule has 2 amide bonds. The van der Waals surface area contributed by atoms with Crippen molar-refractivity contribution in [1.29, 1.82) is 0 Å². The van der Waals surface area contributed by atoms with Crippen LogP contribution < -0.4 is 60.6 Å². The molecular weight excluding hydrogens is 850 g/mol. The Labute approximate surface area is 343 Å². The summed E-state index contributed by atoms with van der Waals surface area (Å²) in [6, 6.07) is 0. The van der Waals surface area contributed by atoms with Crippen LogP contribution in [0.25, 0.3) is 11.2 Å². The molecule has 2 aromatic rings. The predicted octanol–water partition coefficient (Wildman–Crippen LogP) is -6.36. The number of rotatable bonds is 22. The van der Waals surface area contributed by atoms with Crippen molar-refractivity contribution in [1.82, 2.24) is 30.2 Å². The molecule has 0 aliphatic carbocycles. The van der Waals surface area contributed by atoms with Gasteiger partial charge in [-0.3, -0.25) is 37.4 Å². The first kappa shape index (κ1) is 50.2. The van der Waals surface area contributed by atoms with Gasteiger partial charge in [-0.2, -0.15) is 0 Å². The van der Waals surface area contributed by atoms with Gasteiger partial charge in [0.15, 0.2) is 22.8 Å². The van der Waals surface area contributed by atoms with Crippen LogP contribution >= 0.6 is 35.2 Å². The SMILES string of the molecule is CC(C)(COP(=O)([O-])OP(=O)([O-])OCC1OC(n2cnc3c(N)ncnc32)C(O)C1OP(=O)([O-])O)C(O)C(=O)NCCC(=O)NCCSC(=O)CCC(=O)O.[Na+]. The van der Waals surface area contributed by atoms with E-state index in [9.17, 15) is 62.7 Å². The molecule has 0 bridgehead atoms. The van der Waals surface area contributed by atoms with Gasteiger partial charge in [0, 0.05) is 37.1 Å². The number of ether oxygens (including phenoxy) is 1. The van der Waals surface area contributed by atoms with Gasteiger partial charge in [0.1, 0.15) is 36.3 Å². The fourth-order valence-electron chi connectivity index (χ4n) is 4.56. The second-order valence-electron chi connectivity index (χ2n) is 12.1. The molecule has 1 fully saturated rings. The number of nitrogens with one attached hydrogen (secondary N) is 2. The number of carboxylic acid groups (broad SMARTS) is 1. The number of nitrogens with two attached hydrogens (primary N) is 1. The number of hydrogen-bond acceptors (Lipinski definition) is 22. The number of thioether (sulfide) groups is 1. The van der Waals surface area contributed by atoms with E-state index in [1.807, 2.05) is 0 Å². The van der Waals surface area contributed by atoms with Crippen molar-refractivity contribution in [2.75, 3.05) is 37.8 Å². The number of nitrogen functional groups attached to an aromatic ring is 1. The second kappa shape index (κ2) is 21.3. The Morgan fingerprint density at radius 1 is 1.05 bits per heavy atom. The first-order valence-electron chi connectivity index (χ1n) is 15.6. The number of hydrogen-bond donors (Lipinski definition) is 7. The zero-order chi connectivity index (χ0) is 41.4. The molecule has 3 heterocycles. The molecule has 26 nitrogen and oxygen atoms in total. The maximum absolute atomic E-state index is 12.5. The first-order chi connectivity index (χ1) is 25.4. The Balaban J connectivity index is 0.0000108. The van der Waals surface area contributed by atoms with Gasteiger partial charge in [-0.05, 0) is 0 Å². The van der Waals surface area contributed by atoms with Crippen LogP contribution in [-0.4, -0.2) is 119 Å². The van der Waals surface area contributed by atoms with Gasteiger partial charge in [0.25, 0.3) is 23.5 Å². The van der Waals surface area contributed by atoms with Gasteiger partial charge in [-0.25, -0.2) is 19.3 Å². The summed E-state index contributed by atoms with van der Waals surface area (Å²) in [5.41, 5.74) is 4.05. The first-order valence-corrected chi connectivity index (χ1v) is 21.0. The van der Waals surface area contributed by atoms with Crippen molar-refractivity contribution < 1.29 is 120 Å². The van der Waals surface area contributed by atoms with Crippen LogP contribution in [0.1, 0.15) is 39.3 Å². The number of phosphoric ester groups is 3. The summed E-state index contributed by atoms with van der Waals surface area (Å²) in [7, 11) is -17.4. The van der Waals surface area contributed by atoms with Crippen LogP contribution in [0.15, 0.2) is 12.7 Å². The number of nitrogens with zero attached hydrogens (tertiary/aromatic N) is 4. The molecule has 1 aliphatic rings. The standard InChI is InChI=1S/C25H40N7O19P3S.Na/c1-25(2,20(38)23(39)28-6-5-14(33)27-7-8-55-16(36)4-3-15(34)35)10-48-54(45,46)51-53(43,44)47-9-13-19(50-52(40,41)42)18(37)24(49-13)32-12-31-17-21(26)29-11-30-22(17)32;/h11-13,18-20,24,37-38H,3-10H2,1-2H3,(H,27,33)(H,28,39)(H,34,35)(H,43,44)(H,45,46)(H2,26,29,30)(H2,40,41,42);/q;+1/p-3. The maximum atomic E-state index is 12.5. The Kier molecular flexibility index (Phi) is 19.1. The fourth-order valence-corrected chi connectivity index (χ4v) is 7.98. The smallest absolute Gasteiger partial charge is 0.756 e. The van der Waals surface area contributed by atoms with Crippen molar-refractivity contribution in [2.24, 2.45) is 5.41 Å². The average molecular weight is 888 g/mol. The summed E-state index contributed by atoms with van der Waals surface area (Å²) in [6.45, 7) is -0.136. The molecule has 8 N–H and O–H groups in total. The number of amides is 2. The molecule has 3 rings (SSSR count). The average Bonchev–Trinajstić information content (AvgIpc) is 3.63. The van der Waals surface area contributed by atoms with E-state index in [0.717, 1.165) is 29.0 Å². The number of carboxylic acids is 1. The largest absolute Gasteiger partial charge is 1.00 e. The topological polar surface area (TPSA) is 409 Å². The summed E-state index contributed by atoms with van der Waals surface area (Å²) in [4.78, 5) is 104. The van der Waals surface area contributed by atoms with E-state index in [1.165, 1.54) is 13.8 Å². The number of aliphatic hydroxyl groups excluding tert-OH is 2. The molecule has 31 heteroatoms. The molecule has 8 unspecified atom stereocenters. The third-order valence-electron chi connectivity index (χ3n) is 7.29. The Bertz CT molecular complexity index is 1850. The Hall–Kier alpha value is -1.97. The van der Waals surface area contributed by atoms with Crippen molar-refractivity contribution in [3.63, 3.8) is 0 Å². The van der Waals surface area contributed by atoms with E-state index < -0.39 is 90.5 Å². The van der Waals surface area contributed by atoms with Gasteiger partial charge >= 0.3 is 35.5 Å². The number of aromatic nitrogens is 4. The summed E-state index contributed by atoms with van der Waals surface area (Å²) in [5.74, 6) is -2.61. The van der Waals surface area contributed by atoms with Gasteiger partial charge in [0.2, 0.25) is 11.8 Å². The molecule has 2 aromatic heterocycles. The number of fused-ring (bicyclic) bond motifs is 1. The van der Waals surface area contributed by atoms with E-state index >= 15 is 0 Å². The number of anilines is 1. The fraction of sp³-hybridized carbons (Fsp3) is 0.640. The number of aliphatic carboxylic acids is 1. The third kappa shape index (κ3) is 15.7. The van der Waals surface area contributed by atoms with Gasteiger partial charge < -0.3 is 69.6 Å². The van der Waals surface area contributed by atoms with Crippen molar-refractivity contribution in [3.05, 3.63) is 12.7 Å². The van der Waals surface area contributed by atoms with Crippen LogP contribution in [0.4, 0.5) is 5.82 Å². The van der Waals surface area contributed by atoms with Crippen LogP contribution in [0, 0.1) is 5.41 Å². The van der Waals surface area contributed by atoms with Crippen molar-refractivity contribution >= 4 is 75.1 Å². The van der Waals surface area contributed by atoms with Crippen LogP contribution in [0.3, 0.4) is 0 Å². The van der Waals surface area contributed by atoms with Crippen LogP contribution in [-0.2, 0) is 55.5 Å². The van der Waals surface area contributed by atoms with Gasteiger partial charge in [-0.1, -0.05) is 25.6 Å². The molecule has 56 heavy (non-hydrogen) atoms. The summed E-state index contributed by atoms with van der Waals surface area (Å²) in [6.07, 6.45) is -8.03. The number of carbonyl (C=O) groups is 4. The normalized spacial score (nSPS) is 22.2. The monoisotopic (exact) mass is 887 g/mol. The van der Waals surface area contributed by atoms with Crippen LogP contribution in [0.2, 0.25) is 0 Å². The van der Waals surface area contributed by atoms with E-state index in [0.29, 0.717) is 0 Å². The van der Waals surface area contributed by atoms with E-state index in [1.54, 1.807) is 0 Å². The summed E-state index contributed by atoms with van der Waals surface area (Å²) in [5, 5.41) is 34.2. The zero-order valence-electron chi connectivity index (χ0n) is 29.7. The molecule has 8 atom stereocenters. The van der Waals surface area contributed by atoms with E-state index in [-0.39, 0.29) is 89.8 Å². The molecule has 0 aromatic carbocycles. The van der Waals surface area contributed by atoms with E-state index in [4.69, 9.17) is 15.6 Å². The molecule has 310 valence electrons. The second-order valence-corrected chi connectivity index (χ2v) is 17.4. The van der Waals surface area contributed by atoms with Gasteiger partial charge in [0.05, 0.1) is 26.0 Å². The summed E-state index contributed by atoms with van der Waals surface area (Å²) < 4.78 is 60.6. The molecular formula is C25H37N7NaO19P3S-2. The molecule has 1 saturated heterocycles. The zero-order valence-corrected chi connectivity index (χ0v) is 35.2. The summed E-state index contributed by atoms with van der Waals surface area (Å²) >= 11 is 0.839. The molecule has 0 radical (unpaired) electrons. The van der Waals surface area contributed by atoms with Gasteiger partial charge in [-0.15, -0.1) is 0 Å².